The second kappa shape index (κ2) is 5.22. The molecule has 0 radical (unpaired) electrons. The lowest BCUT2D eigenvalue weighted by atomic mass is 10.2. The number of hydrogen-bond acceptors (Lipinski definition) is 2. The van der Waals surface area contributed by atoms with Crippen LogP contribution in [0, 0.1) is 6.92 Å². The number of nitrogens with one attached hydrogen (secondary N) is 1. The van der Waals surface area contributed by atoms with Crippen LogP contribution >= 0.6 is 0 Å². The Morgan fingerprint density at radius 3 is 2.50 bits per heavy atom. The molecule has 2 aromatic rings. The monoisotopic (exact) mass is 292 g/mol. The van der Waals surface area contributed by atoms with Gasteiger partial charge in [-0.1, -0.05) is 12.8 Å². The maximum Gasteiger partial charge on any atom is 0.243 e. The normalized spacial score (nSPS) is 18.2. The maximum absolute atomic E-state index is 12.7. The molecule has 4 nitrogen and oxygen atoms in total. The Morgan fingerprint density at radius 2 is 1.80 bits per heavy atom. The van der Waals surface area contributed by atoms with Crippen molar-refractivity contribution in [2.75, 3.05) is 13.1 Å². The van der Waals surface area contributed by atoms with Crippen LogP contribution < -0.4 is 0 Å². The van der Waals surface area contributed by atoms with Crippen molar-refractivity contribution in [1.82, 2.24) is 9.29 Å². The highest BCUT2D eigenvalue weighted by Crippen LogP contribution is 2.25. The van der Waals surface area contributed by atoms with Crippen molar-refractivity contribution in [2.24, 2.45) is 0 Å². The SMILES string of the molecule is Cc1c[nH]c2ccc(S(=O)(=O)N3CCCCCC3)cc12. The maximum atomic E-state index is 12.7. The number of H-pyrrole nitrogens is 1. The third kappa shape index (κ3) is 2.36. The summed E-state index contributed by atoms with van der Waals surface area (Å²) < 4.78 is 27.1. The predicted octanol–water partition coefficient (Wildman–Crippen LogP) is 3.04. The topological polar surface area (TPSA) is 53.2 Å². The summed E-state index contributed by atoms with van der Waals surface area (Å²) in [6.07, 6.45) is 6.09. The average molecular weight is 292 g/mol. The Balaban J connectivity index is 2.01. The molecule has 108 valence electrons. The van der Waals surface area contributed by atoms with Gasteiger partial charge >= 0.3 is 0 Å². The zero-order valence-electron chi connectivity index (χ0n) is 11.7. The molecule has 5 heteroatoms. The van der Waals surface area contributed by atoms with Gasteiger partial charge in [-0.25, -0.2) is 8.42 Å². The van der Waals surface area contributed by atoms with E-state index < -0.39 is 10.0 Å². The van der Waals surface area contributed by atoms with E-state index in [1.807, 2.05) is 19.2 Å². The molecule has 20 heavy (non-hydrogen) atoms. The minimum atomic E-state index is -3.35. The van der Waals surface area contributed by atoms with Crippen LogP contribution in [0.2, 0.25) is 0 Å². The van der Waals surface area contributed by atoms with Crippen molar-refractivity contribution in [3.8, 4) is 0 Å². The second-order valence-electron chi connectivity index (χ2n) is 5.50. The molecule has 1 aliphatic heterocycles. The van der Waals surface area contributed by atoms with Gasteiger partial charge < -0.3 is 4.98 Å². The summed E-state index contributed by atoms with van der Waals surface area (Å²) >= 11 is 0. The Morgan fingerprint density at radius 1 is 1.10 bits per heavy atom. The van der Waals surface area contributed by atoms with Crippen molar-refractivity contribution in [1.29, 1.82) is 0 Å². The first kappa shape index (κ1) is 13.6. The highest BCUT2D eigenvalue weighted by molar-refractivity contribution is 7.89. The van der Waals surface area contributed by atoms with Gasteiger partial charge in [0, 0.05) is 30.2 Å². The van der Waals surface area contributed by atoms with Gasteiger partial charge in [0.15, 0.2) is 0 Å². The number of aromatic nitrogens is 1. The Labute approximate surface area is 119 Å². The number of aryl methyl sites for hydroxylation is 1. The van der Waals surface area contributed by atoms with Gasteiger partial charge in [-0.3, -0.25) is 0 Å². The van der Waals surface area contributed by atoms with E-state index in [-0.39, 0.29) is 0 Å². The van der Waals surface area contributed by atoms with Gasteiger partial charge in [-0.2, -0.15) is 4.31 Å². The van der Waals surface area contributed by atoms with E-state index in [2.05, 4.69) is 4.98 Å². The minimum Gasteiger partial charge on any atom is -0.361 e. The van der Waals surface area contributed by atoms with E-state index >= 15 is 0 Å². The number of hydrogen-bond donors (Lipinski definition) is 1. The van der Waals surface area contributed by atoms with Crippen molar-refractivity contribution in [3.63, 3.8) is 0 Å². The fraction of sp³-hybridized carbons (Fsp3) is 0.467. The van der Waals surface area contributed by atoms with Crippen LogP contribution in [0.25, 0.3) is 10.9 Å². The van der Waals surface area contributed by atoms with Crippen molar-refractivity contribution in [3.05, 3.63) is 30.0 Å². The van der Waals surface area contributed by atoms with Gasteiger partial charge in [0.2, 0.25) is 10.0 Å². The van der Waals surface area contributed by atoms with Crippen LogP contribution in [-0.4, -0.2) is 30.8 Å². The average Bonchev–Trinajstić information content (AvgIpc) is 2.68. The van der Waals surface area contributed by atoms with Gasteiger partial charge in [0.05, 0.1) is 4.90 Å². The summed E-state index contributed by atoms with van der Waals surface area (Å²) in [6.45, 7) is 3.28. The Hall–Kier alpha value is -1.33. The number of aromatic amines is 1. The van der Waals surface area contributed by atoms with E-state index in [9.17, 15) is 8.42 Å². The van der Waals surface area contributed by atoms with Crippen LogP contribution in [0.4, 0.5) is 0 Å². The summed E-state index contributed by atoms with van der Waals surface area (Å²) in [4.78, 5) is 3.56. The molecule has 0 aliphatic carbocycles. The molecule has 1 saturated heterocycles. The van der Waals surface area contributed by atoms with Crippen LogP contribution in [0.5, 0.6) is 0 Å². The molecule has 0 bridgehead atoms. The molecule has 3 rings (SSSR count). The quantitative estimate of drug-likeness (QED) is 0.925. The molecule has 1 aromatic carbocycles. The first-order valence-electron chi connectivity index (χ1n) is 7.17. The molecule has 0 unspecified atom stereocenters. The van der Waals surface area contributed by atoms with Crippen LogP contribution in [-0.2, 0) is 10.0 Å². The summed E-state index contributed by atoms with van der Waals surface area (Å²) in [7, 11) is -3.35. The molecular weight excluding hydrogens is 272 g/mol. The zero-order chi connectivity index (χ0) is 14.2. The minimum absolute atomic E-state index is 0.412. The third-order valence-electron chi connectivity index (χ3n) is 4.06. The first-order valence-corrected chi connectivity index (χ1v) is 8.61. The van der Waals surface area contributed by atoms with Crippen molar-refractivity contribution < 1.29 is 8.42 Å². The highest BCUT2D eigenvalue weighted by Gasteiger charge is 2.25. The number of rotatable bonds is 2. The summed E-state index contributed by atoms with van der Waals surface area (Å²) in [5, 5.41) is 0.987. The summed E-state index contributed by atoms with van der Waals surface area (Å²) in [6, 6.07) is 5.35. The van der Waals surface area contributed by atoms with Gasteiger partial charge in [0.25, 0.3) is 0 Å². The zero-order valence-corrected chi connectivity index (χ0v) is 12.5. The summed E-state index contributed by atoms with van der Waals surface area (Å²) in [5.74, 6) is 0. The lowest BCUT2D eigenvalue weighted by Crippen LogP contribution is -2.31. The van der Waals surface area contributed by atoms with Crippen molar-refractivity contribution in [2.45, 2.75) is 37.5 Å². The number of sulfonamides is 1. The Kier molecular flexibility index (Phi) is 3.56. The predicted molar refractivity (Wildman–Crippen MR) is 80.3 cm³/mol. The number of fused-ring (bicyclic) bond motifs is 1. The number of nitrogens with zero attached hydrogens (tertiary/aromatic N) is 1. The molecule has 1 aromatic heterocycles. The fourth-order valence-corrected chi connectivity index (χ4v) is 4.37. The molecule has 1 N–H and O–H groups in total. The third-order valence-corrected chi connectivity index (χ3v) is 5.96. The molecule has 1 aliphatic rings. The van der Waals surface area contributed by atoms with E-state index in [1.54, 1.807) is 16.4 Å². The fourth-order valence-electron chi connectivity index (χ4n) is 2.83. The van der Waals surface area contributed by atoms with Gasteiger partial charge in [-0.05, 0) is 43.5 Å². The Bertz CT molecular complexity index is 711. The van der Waals surface area contributed by atoms with Gasteiger partial charge in [-0.15, -0.1) is 0 Å². The largest absolute Gasteiger partial charge is 0.361 e. The lowest BCUT2D eigenvalue weighted by molar-refractivity contribution is 0.424. The standard InChI is InChI=1S/C15H20N2O2S/c1-12-11-16-15-7-6-13(10-14(12)15)20(18,19)17-8-4-2-3-5-9-17/h6-7,10-11,16H,2-5,8-9H2,1H3. The molecular formula is C15H20N2O2S. The smallest absolute Gasteiger partial charge is 0.243 e. The summed E-state index contributed by atoms with van der Waals surface area (Å²) in [5.41, 5.74) is 2.06. The second-order valence-corrected chi connectivity index (χ2v) is 7.44. The number of benzene rings is 1. The van der Waals surface area contributed by atoms with Crippen LogP contribution in [0.1, 0.15) is 31.2 Å². The molecule has 0 saturated carbocycles. The van der Waals surface area contributed by atoms with Gasteiger partial charge in [0.1, 0.15) is 0 Å². The molecule has 0 spiro atoms. The van der Waals surface area contributed by atoms with E-state index in [4.69, 9.17) is 0 Å². The first-order chi connectivity index (χ1) is 9.59. The van der Waals surface area contributed by atoms with E-state index in [0.717, 1.165) is 42.1 Å². The molecule has 2 heterocycles. The van der Waals surface area contributed by atoms with E-state index in [1.165, 1.54) is 0 Å². The van der Waals surface area contributed by atoms with Crippen molar-refractivity contribution >= 4 is 20.9 Å². The van der Waals surface area contributed by atoms with Crippen LogP contribution in [0.15, 0.2) is 29.3 Å². The van der Waals surface area contributed by atoms with Crippen LogP contribution in [0.3, 0.4) is 0 Å². The lowest BCUT2D eigenvalue weighted by Gasteiger charge is -2.20. The highest BCUT2D eigenvalue weighted by atomic mass is 32.2. The molecule has 0 atom stereocenters. The molecule has 0 amide bonds. The van der Waals surface area contributed by atoms with E-state index in [0.29, 0.717) is 18.0 Å². The molecule has 1 fully saturated rings.